The Hall–Kier alpha value is -0.800. The summed E-state index contributed by atoms with van der Waals surface area (Å²) in [6, 6.07) is 0. The topological polar surface area (TPSA) is 42.4 Å². The molecule has 0 saturated carbocycles. The first-order chi connectivity index (χ1) is 5.81. The highest BCUT2D eigenvalue weighted by atomic mass is 16.3. The van der Waals surface area contributed by atoms with Crippen LogP contribution in [-0.2, 0) is 19.5 Å². The van der Waals surface area contributed by atoms with E-state index < -0.39 is 0 Å². The summed E-state index contributed by atoms with van der Waals surface area (Å²) in [6.07, 6.45) is 2.73. The van der Waals surface area contributed by atoms with Crippen molar-refractivity contribution in [3.05, 3.63) is 23.2 Å². The van der Waals surface area contributed by atoms with Crippen LogP contribution in [-0.4, -0.2) is 18.5 Å². The third kappa shape index (κ3) is 1.15. The largest absolute Gasteiger partial charge is 0.469 e. The molecule has 2 heterocycles. The Bertz CT molecular complexity index is 280. The maximum atomic E-state index is 5.47. The van der Waals surface area contributed by atoms with E-state index in [0.717, 1.165) is 25.3 Å². The smallest absolute Gasteiger partial charge is 0.109 e. The van der Waals surface area contributed by atoms with E-state index in [1.54, 1.807) is 0 Å². The third-order valence-corrected chi connectivity index (χ3v) is 2.31. The van der Waals surface area contributed by atoms with Crippen molar-refractivity contribution in [1.29, 1.82) is 0 Å². The Morgan fingerprint density at radius 1 is 1.58 bits per heavy atom. The van der Waals surface area contributed by atoms with E-state index >= 15 is 0 Å². The second-order valence-corrected chi connectivity index (χ2v) is 3.37. The summed E-state index contributed by atoms with van der Waals surface area (Å²) in [6.45, 7) is 2.70. The normalized spacial score (nSPS) is 16.8. The van der Waals surface area contributed by atoms with Crippen LogP contribution in [0.2, 0.25) is 0 Å². The molecule has 0 aliphatic carbocycles. The summed E-state index contributed by atoms with van der Waals surface area (Å²) in [4.78, 5) is 2.28. The molecule has 0 atom stereocenters. The Morgan fingerprint density at radius 3 is 3.17 bits per heavy atom. The molecule has 0 aromatic carbocycles. The average molecular weight is 166 g/mol. The van der Waals surface area contributed by atoms with Gasteiger partial charge in [-0.3, -0.25) is 4.90 Å². The molecule has 0 unspecified atom stereocenters. The monoisotopic (exact) mass is 166 g/mol. The van der Waals surface area contributed by atoms with Gasteiger partial charge in [-0.25, -0.2) is 0 Å². The van der Waals surface area contributed by atoms with Gasteiger partial charge in [-0.1, -0.05) is 0 Å². The van der Waals surface area contributed by atoms with Crippen LogP contribution in [0.4, 0.5) is 0 Å². The lowest BCUT2D eigenvalue weighted by Crippen LogP contribution is -2.09. The minimum atomic E-state index is 0.670. The lowest BCUT2D eigenvalue weighted by atomic mass is 10.1. The molecule has 1 aliphatic rings. The molecule has 0 spiro atoms. The van der Waals surface area contributed by atoms with Gasteiger partial charge in [0.1, 0.15) is 5.76 Å². The van der Waals surface area contributed by atoms with Crippen molar-refractivity contribution in [2.75, 3.05) is 13.6 Å². The van der Waals surface area contributed by atoms with E-state index in [1.807, 2.05) is 6.26 Å². The van der Waals surface area contributed by atoms with Crippen molar-refractivity contribution in [3.8, 4) is 0 Å². The summed E-state index contributed by atoms with van der Waals surface area (Å²) in [5.41, 5.74) is 8.17. The summed E-state index contributed by atoms with van der Waals surface area (Å²) in [5, 5.41) is 0. The van der Waals surface area contributed by atoms with Gasteiger partial charge in [-0.05, 0) is 13.6 Å². The quantitative estimate of drug-likeness (QED) is 0.704. The van der Waals surface area contributed by atoms with Crippen molar-refractivity contribution in [2.45, 2.75) is 19.5 Å². The van der Waals surface area contributed by atoms with Gasteiger partial charge in [0.25, 0.3) is 0 Å². The number of nitrogens with two attached hydrogens (primary N) is 1. The van der Waals surface area contributed by atoms with Crippen molar-refractivity contribution >= 4 is 0 Å². The van der Waals surface area contributed by atoms with Gasteiger partial charge in [0.2, 0.25) is 0 Å². The van der Waals surface area contributed by atoms with E-state index in [-0.39, 0.29) is 0 Å². The number of rotatable bonds is 2. The average Bonchev–Trinajstić information content (AvgIpc) is 2.52. The van der Waals surface area contributed by atoms with E-state index in [1.165, 1.54) is 11.1 Å². The van der Waals surface area contributed by atoms with Gasteiger partial charge in [0.05, 0.1) is 6.26 Å². The lowest BCUT2D eigenvalue weighted by Gasteiger charge is -2.05. The van der Waals surface area contributed by atoms with Gasteiger partial charge in [-0.15, -0.1) is 0 Å². The number of fused-ring (bicyclic) bond motifs is 1. The van der Waals surface area contributed by atoms with E-state index in [0.29, 0.717) is 6.54 Å². The van der Waals surface area contributed by atoms with Gasteiger partial charge < -0.3 is 10.2 Å². The second kappa shape index (κ2) is 2.92. The van der Waals surface area contributed by atoms with Gasteiger partial charge in [0, 0.05) is 30.6 Å². The lowest BCUT2D eigenvalue weighted by molar-refractivity contribution is 0.341. The van der Waals surface area contributed by atoms with Crippen molar-refractivity contribution in [3.63, 3.8) is 0 Å². The number of nitrogens with zero attached hydrogens (tertiary/aromatic N) is 1. The van der Waals surface area contributed by atoms with Crippen LogP contribution in [0.5, 0.6) is 0 Å². The first kappa shape index (κ1) is 7.83. The Kier molecular flexibility index (Phi) is 1.90. The highest BCUT2D eigenvalue weighted by Crippen LogP contribution is 2.26. The highest BCUT2D eigenvalue weighted by Gasteiger charge is 2.21. The maximum Gasteiger partial charge on any atom is 0.109 e. The molecule has 0 bridgehead atoms. The zero-order valence-corrected chi connectivity index (χ0v) is 7.34. The SMILES string of the molecule is CN1Cc2coc(CCN)c2C1. The zero-order chi connectivity index (χ0) is 8.55. The third-order valence-electron chi connectivity index (χ3n) is 2.31. The minimum Gasteiger partial charge on any atom is -0.469 e. The fourth-order valence-corrected chi connectivity index (χ4v) is 1.74. The van der Waals surface area contributed by atoms with Crippen LogP contribution in [0.15, 0.2) is 10.7 Å². The number of hydrogen-bond acceptors (Lipinski definition) is 3. The fraction of sp³-hybridized carbons (Fsp3) is 0.556. The Balaban J connectivity index is 2.24. The van der Waals surface area contributed by atoms with E-state index in [9.17, 15) is 0 Å². The molecule has 0 fully saturated rings. The van der Waals surface area contributed by atoms with Crippen molar-refractivity contribution < 1.29 is 4.42 Å². The molecule has 3 heteroatoms. The molecule has 0 saturated heterocycles. The number of hydrogen-bond donors (Lipinski definition) is 1. The van der Waals surface area contributed by atoms with Crippen LogP contribution < -0.4 is 5.73 Å². The van der Waals surface area contributed by atoms with Crippen LogP contribution in [0.3, 0.4) is 0 Å². The molecule has 66 valence electrons. The van der Waals surface area contributed by atoms with Gasteiger partial charge in [-0.2, -0.15) is 0 Å². The first-order valence-electron chi connectivity index (χ1n) is 4.28. The molecule has 0 radical (unpaired) electrons. The van der Waals surface area contributed by atoms with Crippen molar-refractivity contribution in [1.82, 2.24) is 4.90 Å². The Morgan fingerprint density at radius 2 is 2.42 bits per heavy atom. The molecular weight excluding hydrogens is 152 g/mol. The van der Waals surface area contributed by atoms with Gasteiger partial charge >= 0.3 is 0 Å². The maximum absolute atomic E-state index is 5.47. The Labute approximate surface area is 72.1 Å². The standard InChI is InChI=1S/C9H14N2O/c1-11-4-7-6-12-9(2-3-10)8(7)5-11/h6H,2-5,10H2,1H3. The molecule has 1 aliphatic heterocycles. The zero-order valence-electron chi connectivity index (χ0n) is 7.34. The molecule has 1 aromatic heterocycles. The predicted octanol–water partition coefficient (Wildman–Crippen LogP) is 0.726. The van der Waals surface area contributed by atoms with Crippen LogP contribution >= 0.6 is 0 Å². The van der Waals surface area contributed by atoms with Crippen LogP contribution in [0.1, 0.15) is 16.9 Å². The summed E-state index contributed by atoms with van der Waals surface area (Å²) >= 11 is 0. The van der Waals surface area contributed by atoms with Crippen LogP contribution in [0.25, 0.3) is 0 Å². The molecule has 3 nitrogen and oxygen atoms in total. The predicted molar refractivity (Wildman–Crippen MR) is 46.6 cm³/mol. The fourth-order valence-electron chi connectivity index (χ4n) is 1.74. The first-order valence-corrected chi connectivity index (χ1v) is 4.28. The molecule has 2 rings (SSSR count). The number of furan rings is 1. The summed E-state index contributed by atoms with van der Waals surface area (Å²) < 4.78 is 5.42. The van der Waals surface area contributed by atoms with Gasteiger partial charge in [0.15, 0.2) is 0 Å². The summed E-state index contributed by atoms with van der Waals surface area (Å²) in [5.74, 6) is 1.08. The molecule has 2 N–H and O–H groups in total. The molecule has 0 amide bonds. The van der Waals surface area contributed by atoms with Crippen LogP contribution in [0, 0.1) is 0 Å². The highest BCUT2D eigenvalue weighted by molar-refractivity contribution is 5.31. The van der Waals surface area contributed by atoms with E-state index in [4.69, 9.17) is 10.2 Å². The molecule has 12 heavy (non-hydrogen) atoms. The second-order valence-electron chi connectivity index (χ2n) is 3.37. The van der Waals surface area contributed by atoms with Crippen molar-refractivity contribution in [2.24, 2.45) is 5.73 Å². The van der Waals surface area contributed by atoms with E-state index in [2.05, 4.69) is 11.9 Å². The molecular formula is C9H14N2O. The summed E-state index contributed by atoms with van der Waals surface area (Å²) in [7, 11) is 2.12. The molecule has 1 aromatic rings. The minimum absolute atomic E-state index is 0.670.